The number of H-pyrrole nitrogens is 2. The molecule has 0 aliphatic carbocycles. The van der Waals surface area contributed by atoms with Gasteiger partial charge in [-0.05, 0) is 36.8 Å². The van der Waals surface area contributed by atoms with Crippen LogP contribution in [0.5, 0.6) is 0 Å². The lowest BCUT2D eigenvalue weighted by atomic mass is 10.0. The molecule has 6 rings (SSSR count). The molecule has 0 bridgehead atoms. The summed E-state index contributed by atoms with van der Waals surface area (Å²) in [4.78, 5) is 16.7. The van der Waals surface area contributed by atoms with Crippen LogP contribution in [0.2, 0.25) is 0 Å². The molecule has 4 heterocycles. The van der Waals surface area contributed by atoms with E-state index in [1.165, 1.54) is 18.2 Å². The molecule has 0 saturated carbocycles. The molecule has 6 aromatic rings. The molecule has 0 saturated heterocycles. The van der Waals surface area contributed by atoms with Gasteiger partial charge in [0, 0.05) is 46.2 Å². The molecule has 0 unspecified atom stereocenters. The topological polar surface area (TPSA) is 95.2 Å². The molecular weight excluding hydrogens is 472 g/mol. The molecule has 0 amide bonds. The average Bonchev–Trinajstić information content (AvgIpc) is 3.51. The molecular formula is C28H21F2N7. The van der Waals surface area contributed by atoms with Crippen LogP contribution in [0.3, 0.4) is 0 Å². The van der Waals surface area contributed by atoms with E-state index in [2.05, 4.69) is 37.0 Å². The van der Waals surface area contributed by atoms with Crippen LogP contribution < -0.4 is 5.32 Å². The maximum atomic E-state index is 15.1. The third-order valence-electron chi connectivity index (χ3n) is 6.17. The van der Waals surface area contributed by atoms with Gasteiger partial charge in [-0.2, -0.15) is 5.10 Å². The first-order valence-corrected chi connectivity index (χ1v) is 11.7. The van der Waals surface area contributed by atoms with Crippen molar-refractivity contribution in [1.82, 2.24) is 30.1 Å². The molecule has 4 aromatic heterocycles. The molecule has 7 nitrogen and oxygen atoms in total. The highest BCUT2D eigenvalue weighted by molar-refractivity contribution is 5.97. The Hall–Kier alpha value is -4.92. The minimum Gasteiger partial charge on any atom is -0.358 e. The first-order valence-electron chi connectivity index (χ1n) is 11.7. The molecule has 9 heteroatoms. The molecule has 0 aliphatic heterocycles. The van der Waals surface area contributed by atoms with E-state index in [4.69, 9.17) is 4.98 Å². The second kappa shape index (κ2) is 8.94. The number of pyridine rings is 2. The Bertz CT molecular complexity index is 1800. The Kier molecular flexibility index (Phi) is 5.45. The number of aromatic amines is 2. The van der Waals surface area contributed by atoms with Crippen LogP contribution in [0.15, 0.2) is 79.4 Å². The summed E-state index contributed by atoms with van der Waals surface area (Å²) in [6, 6.07) is 13.0. The molecule has 37 heavy (non-hydrogen) atoms. The predicted octanol–water partition coefficient (Wildman–Crippen LogP) is 6.84. The minimum atomic E-state index is -0.404. The van der Waals surface area contributed by atoms with Crippen LogP contribution >= 0.6 is 0 Å². The Labute approximate surface area is 210 Å². The average molecular weight is 494 g/mol. The van der Waals surface area contributed by atoms with E-state index in [0.29, 0.717) is 50.3 Å². The number of hydrogen-bond donors (Lipinski definition) is 3. The molecule has 0 aliphatic rings. The van der Waals surface area contributed by atoms with Gasteiger partial charge in [0.05, 0.1) is 28.6 Å². The van der Waals surface area contributed by atoms with Gasteiger partial charge in [-0.15, -0.1) is 0 Å². The Morgan fingerprint density at radius 2 is 1.89 bits per heavy atom. The number of fused-ring (bicyclic) bond motifs is 2. The van der Waals surface area contributed by atoms with E-state index in [-0.39, 0.29) is 5.82 Å². The van der Waals surface area contributed by atoms with Crippen molar-refractivity contribution in [1.29, 1.82) is 0 Å². The highest BCUT2D eigenvalue weighted by Gasteiger charge is 2.18. The van der Waals surface area contributed by atoms with Crippen molar-refractivity contribution in [3.63, 3.8) is 0 Å². The summed E-state index contributed by atoms with van der Waals surface area (Å²) in [5, 5.41) is 11.2. The summed E-state index contributed by atoms with van der Waals surface area (Å²) < 4.78 is 29.0. The van der Waals surface area contributed by atoms with Crippen LogP contribution in [-0.4, -0.2) is 30.1 Å². The van der Waals surface area contributed by atoms with Crippen LogP contribution in [0.4, 0.5) is 14.5 Å². The maximum Gasteiger partial charge on any atom is 0.159 e. The van der Waals surface area contributed by atoms with Gasteiger partial charge in [0.25, 0.3) is 0 Å². The van der Waals surface area contributed by atoms with Crippen LogP contribution in [0.1, 0.15) is 13.3 Å². The van der Waals surface area contributed by atoms with Crippen LogP contribution in [-0.2, 0) is 0 Å². The number of anilines is 1. The standard InChI is InChI=1S/C28H21F2N7/c1-3-15(2)33-19-10-17(13-31-14-19)20-11-21-24(12-22(20)30)36-37-26(21)28-34-23-7-8-32-25(27(23)35-28)16-5-4-6-18(29)9-16/h4-14,33H,2-3H2,1H3,(H,34,35)(H,36,37). The summed E-state index contributed by atoms with van der Waals surface area (Å²) in [7, 11) is 0. The van der Waals surface area contributed by atoms with Gasteiger partial charge in [0.15, 0.2) is 5.82 Å². The second-order valence-electron chi connectivity index (χ2n) is 8.65. The summed E-state index contributed by atoms with van der Waals surface area (Å²) in [6.07, 6.45) is 5.68. The number of rotatable bonds is 6. The quantitative estimate of drug-likeness (QED) is 0.236. The number of benzene rings is 2. The first kappa shape index (κ1) is 22.5. The molecule has 0 fully saturated rings. The summed E-state index contributed by atoms with van der Waals surface area (Å²) in [6.45, 7) is 5.95. The summed E-state index contributed by atoms with van der Waals surface area (Å²) >= 11 is 0. The fourth-order valence-electron chi connectivity index (χ4n) is 4.28. The van der Waals surface area contributed by atoms with Gasteiger partial charge < -0.3 is 10.3 Å². The number of hydrogen-bond acceptors (Lipinski definition) is 5. The number of nitrogens with zero attached hydrogens (tertiary/aromatic N) is 4. The molecule has 0 radical (unpaired) electrons. The zero-order valence-electron chi connectivity index (χ0n) is 19.8. The van der Waals surface area contributed by atoms with Crippen LogP contribution in [0.25, 0.3) is 55.8 Å². The van der Waals surface area contributed by atoms with Crippen LogP contribution in [0, 0.1) is 11.6 Å². The van der Waals surface area contributed by atoms with E-state index in [1.54, 1.807) is 42.9 Å². The Balaban J connectivity index is 1.46. The predicted molar refractivity (Wildman–Crippen MR) is 141 cm³/mol. The zero-order valence-corrected chi connectivity index (χ0v) is 19.8. The zero-order chi connectivity index (χ0) is 25.5. The second-order valence-corrected chi connectivity index (χ2v) is 8.65. The lowest BCUT2D eigenvalue weighted by Gasteiger charge is -2.10. The van der Waals surface area contributed by atoms with Crippen molar-refractivity contribution in [2.45, 2.75) is 13.3 Å². The van der Waals surface area contributed by atoms with E-state index >= 15 is 4.39 Å². The van der Waals surface area contributed by atoms with Crippen molar-refractivity contribution in [2.75, 3.05) is 5.32 Å². The highest BCUT2D eigenvalue weighted by Crippen LogP contribution is 2.34. The Morgan fingerprint density at radius 3 is 2.73 bits per heavy atom. The third kappa shape index (κ3) is 4.10. The number of allylic oxidation sites excluding steroid dienone is 1. The van der Waals surface area contributed by atoms with E-state index in [9.17, 15) is 4.39 Å². The van der Waals surface area contributed by atoms with Crippen molar-refractivity contribution in [2.24, 2.45) is 0 Å². The number of imidazole rings is 1. The van der Waals surface area contributed by atoms with Crippen molar-refractivity contribution in [3.8, 4) is 33.9 Å². The normalized spacial score (nSPS) is 11.3. The Morgan fingerprint density at radius 1 is 1.00 bits per heavy atom. The SMILES string of the molecule is C=C(CC)Nc1cncc(-c2cc3c(-c4nc5c(-c6cccc(F)c6)nccc5[nH]4)n[nH]c3cc2F)c1. The lowest BCUT2D eigenvalue weighted by molar-refractivity contribution is 0.628. The van der Waals surface area contributed by atoms with Crippen molar-refractivity contribution in [3.05, 3.63) is 91.0 Å². The lowest BCUT2D eigenvalue weighted by Crippen LogP contribution is -1.97. The van der Waals surface area contributed by atoms with Gasteiger partial charge in [-0.25, -0.2) is 13.8 Å². The first-order chi connectivity index (χ1) is 18.0. The number of aromatic nitrogens is 6. The minimum absolute atomic E-state index is 0.354. The van der Waals surface area contributed by atoms with Gasteiger partial charge in [-0.3, -0.25) is 15.1 Å². The van der Waals surface area contributed by atoms with E-state index in [1.807, 2.05) is 13.0 Å². The highest BCUT2D eigenvalue weighted by atomic mass is 19.1. The van der Waals surface area contributed by atoms with Gasteiger partial charge in [0.2, 0.25) is 0 Å². The van der Waals surface area contributed by atoms with Gasteiger partial charge in [0.1, 0.15) is 22.8 Å². The number of nitrogens with one attached hydrogen (secondary N) is 3. The largest absolute Gasteiger partial charge is 0.358 e. The molecule has 182 valence electrons. The van der Waals surface area contributed by atoms with E-state index < -0.39 is 5.82 Å². The maximum absolute atomic E-state index is 15.1. The fraction of sp³-hybridized carbons (Fsp3) is 0.0714. The summed E-state index contributed by atoms with van der Waals surface area (Å²) in [5.74, 6) is -0.275. The summed E-state index contributed by atoms with van der Waals surface area (Å²) in [5.41, 5.74) is 6.09. The van der Waals surface area contributed by atoms with Crippen molar-refractivity contribution < 1.29 is 8.78 Å². The molecule has 3 N–H and O–H groups in total. The monoisotopic (exact) mass is 493 g/mol. The smallest absolute Gasteiger partial charge is 0.159 e. The molecule has 2 aromatic carbocycles. The van der Waals surface area contributed by atoms with Gasteiger partial charge >= 0.3 is 0 Å². The molecule has 0 spiro atoms. The van der Waals surface area contributed by atoms with E-state index in [0.717, 1.165) is 23.3 Å². The van der Waals surface area contributed by atoms with Crippen molar-refractivity contribution >= 4 is 27.6 Å². The van der Waals surface area contributed by atoms with Gasteiger partial charge in [-0.1, -0.05) is 25.6 Å². The molecule has 0 atom stereocenters. The number of halogens is 2. The third-order valence-corrected chi connectivity index (χ3v) is 6.17. The fourth-order valence-corrected chi connectivity index (χ4v) is 4.28.